The summed E-state index contributed by atoms with van der Waals surface area (Å²) >= 11 is 0. The summed E-state index contributed by atoms with van der Waals surface area (Å²) in [6.45, 7) is 1.68. The second-order valence-electron chi connectivity index (χ2n) is 4.38. The van der Waals surface area contributed by atoms with Crippen molar-refractivity contribution >= 4 is 0 Å². The van der Waals surface area contributed by atoms with E-state index in [1.807, 2.05) is 0 Å². The molecule has 1 heterocycles. The van der Waals surface area contributed by atoms with Crippen molar-refractivity contribution < 1.29 is 10.2 Å². The summed E-state index contributed by atoms with van der Waals surface area (Å²) < 4.78 is 0. The summed E-state index contributed by atoms with van der Waals surface area (Å²) in [5, 5.41) is 18.1. The zero-order chi connectivity index (χ0) is 9.26. The SMILES string of the molecule is OCC(O)CN1CCC2CCCC21. The fourth-order valence-electron chi connectivity index (χ4n) is 2.89. The van der Waals surface area contributed by atoms with Crippen molar-refractivity contribution in [3.05, 3.63) is 0 Å². The third-order valence-corrected chi connectivity index (χ3v) is 3.53. The van der Waals surface area contributed by atoms with Crippen LogP contribution in [0, 0.1) is 5.92 Å². The van der Waals surface area contributed by atoms with Crippen LogP contribution in [0.3, 0.4) is 0 Å². The second kappa shape index (κ2) is 3.95. The number of rotatable bonds is 3. The van der Waals surface area contributed by atoms with Gasteiger partial charge >= 0.3 is 0 Å². The first-order valence-electron chi connectivity index (χ1n) is 5.34. The molecule has 0 aromatic rings. The highest BCUT2D eigenvalue weighted by Crippen LogP contribution is 2.37. The lowest BCUT2D eigenvalue weighted by atomic mass is 10.0. The minimum Gasteiger partial charge on any atom is -0.394 e. The maximum Gasteiger partial charge on any atom is 0.0897 e. The third kappa shape index (κ3) is 1.87. The lowest BCUT2D eigenvalue weighted by Gasteiger charge is -2.25. The molecule has 0 spiro atoms. The van der Waals surface area contributed by atoms with Crippen LogP contribution in [-0.2, 0) is 0 Å². The molecular weight excluding hydrogens is 166 g/mol. The van der Waals surface area contributed by atoms with E-state index in [2.05, 4.69) is 4.90 Å². The molecule has 0 radical (unpaired) electrons. The molecule has 2 fully saturated rings. The molecule has 2 rings (SSSR count). The van der Waals surface area contributed by atoms with Gasteiger partial charge in [0.2, 0.25) is 0 Å². The van der Waals surface area contributed by atoms with Crippen molar-refractivity contribution in [3.63, 3.8) is 0 Å². The average molecular weight is 185 g/mol. The fourth-order valence-corrected chi connectivity index (χ4v) is 2.89. The van der Waals surface area contributed by atoms with Crippen LogP contribution in [0.2, 0.25) is 0 Å². The smallest absolute Gasteiger partial charge is 0.0897 e. The minimum absolute atomic E-state index is 0.103. The molecule has 3 nitrogen and oxygen atoms in total. The van der Waals surface area contributed by atoms with Gasteiger partial charge < -0.3 is 10.2 Å². The molecule has 0 amide bonds. The largest absolute Gasteiger partial charge is 0.394 e. The van der Waals surface area contributed by atoms with Crippen LogP contribution < -0.4 is 0 Å². The Labute approximate surface area is 79.4 Å². The molecule has 2 aliphatic rings. The van der Waals surface area contributed by atoms with E-state index in [0.29, 0.717) is 12.6 Å². The molecule has 1 aliphatic heterocycles. The van der Waals surface area contributed by atoms with Crippen molar-refractivity contribution in [2.45, 2.75) is 37.8 Å². The first-order valence-corrected chi connectivity index (χ1v) is 5.34. The van der Waals surface area contributed by atoms with Gasteiger partial charge in [0, 0.05) is 12.6 Å². The van der Waals surface area contributed by atoms with Crippen LogP contribution >= 0.6 is 0 Å². The molecule has 76 valence electrons. The van der Waals surface area contributed by atoms with E-state index in [9.17, 15) is 5.11 Å². The Morgan fingerprint density at radius 2 is 2.15 bits per heavy atom. The molecule has 2 N–H and O–H groups in total. The number of aliphatic hydroxyl groups is 2. The number of nitrogens with zero attached hydrogens (tertiary/aromatic N) is 1. The number of fused-ring (bicyclic) bond motifs is 1. The lowest BCUT2D eigenvalue weighted by molar-refractivity contribution is 0.0539. The normalized spacial score (nSPS) is 36.5. The molecule has 1 saturated heterocycles. The van der Waals surface area contributed by atoms with Crippen LogP contribution in [0.5, 0.6) is 0 Å². The van der Waals surface area contributed by atoms with E-state index >= 15 is 0 Å². The molecule has 0 aromatic carbocycles. The van der Waals surface area contributed by atoms with Gasteiger partial charge in [-0.2, -0.15) is 0 Å². The van der Waals surface area contributed by atoms with Gasteiger partial charge in [0.15, 0.2) is 0 Å². The average Bonchev–Trinajstić information content (AvgIpc) is 2.69. The minimum atomic E-state index is -0.542. The number of aliphatic hydroxyl groups excluding tert-OH is 2. The van der Waals surface area contributed by atoms with E-state index in [1.54, 1.807) is 0 Å². The summed E-state index contributed by atoms with van der Waals surface area (Å²) in [6, 6.07) is 0.709. The van der Waals surface area contributed by atoms with E-state index in [4.69, 9.17) is 5.11 Å². The van der Waals surface area contributed by atoms with Crippen LogP contribution in [-0.4, -0.2) is 47.0 Å². The molecule has 13 heavy (non-hydrogen) atoms. The first-order chi connectivity index (χ1) is 6.31. The van der Waals surface area contributed by atoms with Gasteiger partial charge in [-0.05, 0) is 31.7 Å². The molecule has 3 atom stereocenters. The highest BCUT2D eigenvalue weighted by molar-refractivity contribution is 4.92. The van der Waals surface area contributed by atoms with Crippen molar-refractivity contribution in [1.29, 1.82) is 0 Å². The van der Waals surface area contributed by atoms with Crippen LogP contribution in [0.4, 0.5) is 0 Å². The zero-order valence-corrected chi connectivity index (χ0v) is 8.02. The highest BCUT2D eigenvalue weighted by atomic mass is 16.3. The molecule has 0 bridgehead atoms. The molecule has 1 aliphatic carbocycles. The quantitative estimate of drug-likeness (QED) is 0.661. The number of hydrogen-bond acceptors (Lipinski definition) is 3. The molecule has 3 unspecified atom stereocenters. The second-order valence-corrected chi connectivity index (χ2v) is 4.38. The highest BCUT2D eigenvalue weighted by Gasteiger charge is 2.37. The summed E-state index contributed by atoms with van der Waals surface area (Å²) in [4.78, 5) is 2.36. The number of β-amino-alcohol motifs (C(OH)–C–C–N with tert-alkyl or cyclic N) is 1. The van der Waals surface area contributed by atoms with Crippen molar-refractivity contribution in [2.24, 2.45) is 5.92 Å². The zero-order valence-electron chi connectivity index (χ0n) is 8.02. The molecular formula is C10H19NO2. The molecule has 0 aromatic heterocycles. The van der Waals surface area contributed by atoms with Gasteiger partial charge in [-0.25, -0.2) is 0 Å². The number of hydrogen-bond donors (Lipinski definition) is 2. The van der Waals surface area contributed by atoms with Gasteiger partial charge in [-0.3, -0.25) is 4.90 Å². The van der Waals surface area contributed by atoms with Crippen molar-refractivity contribution in [1.82, 2.24) is 4.90 Å². The van der Waals surface area contributed by atoms with Crippen LogP contribution in [0.25, 0.3) is 0 Å². The summed E-state index contributed by atoms with van der Waals surface area (Å²) in [6.07, 6.45) is 4.77. The van der Waals surface area contributed by atoms with Crippen molar-refractivity contribution in [2.75, 3.05) is 19.7 Å². The van der Waals surface area contributed by atoms with Gasteiger partial charge in [-0.15, -0.1) is 0 Å². The van der Waals surface area contributed by atoms with Gasteiger partial charge in [-0.1, -0.05) is 6.42 Å². The standard InChI is InChI=1S/C10H19NO2/c12-7-9(13)6-11-5-4-8-2-1-3-10(8)11/h8-10,12-13H,1-7H2. The summed E-state index contributed by atoms with van der Waals surface area (Å²) in [5.41, 5.74) is 0. The summed E-state index contributed by atoms with van der Waals surface area (Å²) in [7, 11) is 0. The van der Waals surface area contributed by atoms with Crippen LogP contribution in [0.1, 0.15) is 25.7 Å². The Balaban J connectivity index is 1.86. The third-order valence-electron chi connectivity index (χ3n) is 3.53. The Kier molecular flexibility index (Phi) is 2.86. The van der Waals surface area contributed by atoms with E-state index < -0.39 is 6.10 Å². The first kappa shape index (κ1) is 9.44. The maximum absolute atomic E-state index is 9.35. The topological polar surface area (TPSA) is 43.7 Å². The Morgan fingerprint density at radius 1 is 1.31 bits per heavy atom. The van der Waals surface area contributed by atoms with Gasteiger partial charge in [0.25, 0.3) is 0 Å². The van der Waals surface area contributed by atoms with Gasteiger partial charge in [0.05, 0.1) is 12.7 Å². The van der Waals surface area contributed by atoms with Crippen molar-refractivity contribution in [3.8, 4) is 0 Å². The number of likely N-dealkylation sites (tertiary alicyclic amines) is 1. The predicted molar refractivity (Wildman–Crippen MR) is 50.4 cm³/mol. The van der Waals surface area contributed by atoms with E-state index in [-0.39, 0.29) is 6.61 Å². The molecule has 3 heteroatoms. The Bertz CT molecular complexity index is 174. The summed E-state index contributed by atoms with van der Waals surface area (Å²) in [5.74, 6) is 0.880. The van der Waals surface area contributed by atoms with E-state index in [0.717, 1.165) is 12.5 Å². The predicted octanol–water partition coefficient (Wildman–Crippen LogP) is 0.214. The monoisotopic (exact) mass is 185 g/mol. The van der Waals surface area contributed by atoms with Crippen LogP contribution in [0.15, 0.2) is 0 Å². The maximum atomic E-state index is 9.35. The lowest BCUT2D eigenvalue weighted by Crippen LogP contribution is -2.38. The van der Waals surface area contributed by atoms with Gasteiger partial charge in [0.1, 0.15) is 0 Å². The van der Waals surface area contributed by atoms with E-state index in [1.165, 1.54) is 25.7 Å². The Hall–Kier alpha value is -0.120. The molecule has 1 saturated carbocycles. The Morgan fingerprint density at radius 3 is 2.92 bits per heavy atom. The fraction of sp³-hybridized carbons (Fsp3) is 1.00.